The largest absolute Gasteiger partial charge is 0.356 e. The van der Waals surface area contributed by atoms with Gasteiger partial charge in [0.05, 0.1) is 0 Å². The standard InChI is InChI=1S/C11H18N2O3S2/c1-8(2)7-10(14)13-6-5-9-3-4-11(17-9)18(12,15)16/h3-4,8H,5-7H2,1-2H3,(H,13,14)(H2,12,15,16). The van der Waals surface area contributed by atoms with Crippen molar-refractivity contribution >= 4 is 27.3 Å². The lowest BCUT2D eigenvalue weighted by molar-refractivity contribution is -0.121. The van der Waals surface area contributed by atoms with Crippen LogP contribution in [0.1, 0.15) is 25.1 Å². The van der Waals surface area contributed by atoms with Crippen LogP contribution in [0, 0.1) is 5.92 Å². The summed E-state index contributed by atoms with van der Waals surface area (Å²) in [6.07, 6.45) is 1.12. The van der Waals surface area contributed by atoms with Crippen molar-refractivity contribution in [3.63, 3.8) is 0 Å². The predicted molar refractivity (Wildman–Crippen MR) is 71.9 cm³/mol. The summed E-state index contributed by atoms with van der Waals surface area (Å²) < 4.78 is 22.3. The predicted octanol–water partition coefficient (Wildman–Crippen LogP) is 1.10. The Labute approximate surface area is 111 Å². The topological polar surface area (TPSA) is 89.3 Å². The van der Waals surface area contributed by atoms with Gasteiger partial charge in [0.1, 0.15) is 4.21 Å². The summed E-state index contributed by atoms with van der Waals surface area (Å²) in [7, 11) is -3.61. The number of primary sulfonamides is 1. The number of carbonyl (C=O) groups is 1. The van der Waals surface area contributed by atoms with E-state index in [4.69, 9.17) is 5.14 Å². The van der Waals surface area contributed by atoms with Gasteiger partial charge in [0.25, 0.3) is 0 Å². The van der Waals surface area contributed by atoms with E-state index in [0.29, 0.717) is 25.3 Å². The van der Waals surface area contributed by atoms with Crippen LogP contribution in [-0.2, 0) is 21.2 Å². The first-order chi connectivity index (χ1) is 8.29. The summed E-state index contributed by atoms with van der Waals surface area (Å²) in [6.45, 7) is 4.48. The maximum Gasteiger partial charge on any atom is 0.247 e. The highest BCUT2D eigenvalue weighted by Crippen LogP contribution is 2.20. The van der Waals surface area contributed by atoms with E-state index in [0.717, 1.165) is 16.2 Å². The van der Waals surface area contributed by atoms with Crippen molar-refractivity contribution in [2.45, 2.75) is 30.9 Å². The van der Waals surface area contributed by atoms with Gasteiger partial charge in [-0.25, -0.2) is 13.6 Å². The molecule has 3 N–H and O–H groups in total. The quantitative estimate of drug-likeness (QED) is 0.822. The summed E-state index contributed by atoms with van der Waals surface area (Å²) in [5, 5.41) is 7.81. The molecule has 0 aliphatic carbocycles. The van der Waals surface area contributed by atoms with Crippen molar-refractivity contribution < 1.29 is 13.2 Å². The number of nitrogens with two attached hydrogens (primary N) is 1. The van der Waals surface area contributed by atoms with Crippen molar-refractivity contribution in [2.24, 2.45) is 11.1 Å². The number of hydrogen-bond donors (Lipinski definition) is 2. The molecule has 0 atom stereocenters. The fourth-order valence-corrected chi connectivity index (χ4v) is 3.19. The molecule has 1 heterocycles. The maximum absolute atomic E-state index is 11.4. The fourth-order valence-electron chi connectivity index (χ4n) is 1.41. The minimum Gasteiger partial charge on any atom is -0.356 e. The molecular weight excluding hydrogens is 272 g/mol. The van der Waals surface area contributed by atoms with Crippen LogP contribution in [0.15, 0.2) is 16.3 Å². The van der Waals surface area contributed by atoms with E-state index < -0.39 is 10.0 Å². The van der Waals surface area contributed by atoms with Crippen molar-refractivity contribution in [1.29, 1.82) is 0 Å². The van der Waals surface area contributed by atoms with Gasteiger partial charge in [0, 0.05) is 17.8 Å². The molecule has 102 valence electrons. The van der Waals surface area contributed by atoms with E-state index in [1.807, 2.05) is 13.8 Å². The SMILES string of the molecule is CC(C)CC(=O)NCCc1ccc(S(N)(=O)=O)s1. The number of nitrogens with one attached hydrogen (secondary N) is 1. The number of amides is 1. The minimum atomic E-state index is -3.61. The third kappa shape index (κ3) is 5.16. The molecule has 0 bridgehead atoms. The molecule has 0 radical (unpaired) electrons. The van der Waals surface area contributed by atoms with Crippen LogP contribution in [0.25, 0.3) is 0 Å². The molecular formula is C11H18N2O3S2. The first-order valence-electron chi connectivity index (χ1n) is 5.67. The van der Waals surface area contributed by atoms with Crippen molar-refractivity contribution in [1.82, 2.24) is 5.32 Å². The Morgan fingerprint density at radius 1 is 1.44 bits per heavy atom. The summed E-state index contributed by atoms with van der Waals surface area (Å²) in [6, 6.07) is 3.21. The van der Waals surface area contributed by atoms with Gasteiger partial charge in [-0.2, -0.15) is 0 Å². The van der Waals surface area contributed by atoms with E-state index >= 15 is 0 Å². The Bertz CT molecular complexity index is 506. The monoisotopic (exact) mass is 290 g/mol. The smallest absolute Gasteiger partial charge is 0.247 e. The van der Waals surface area contributed by atoms with Gasteiger partial charge in [-0.05, 0) is 24.5 Å². The van der Waals surface area contributed by atoms with E-state index in [-0.39, 0.29) is 10.1 Å². The number of sulfonamides is 1. The molecule has 1 rings (SSSR count). The lowest BCUT2D eigenvalue weighted by Crippen LogP contribution is -2.26. The molecule has 5 nitrogen and oxygen atoms in total. The molecule has 0 fully saturated rings. The average molecular weight is 290 g/mol. The Morgan fingerprint density at radius 2 is 2.11 bits per heavy atom. The van der Waals surface area contributed by atoms with Crippen LogP contribution >= 0.6 is 11.3 Å². The van der Waals surface area contributed by atoms with Gasteiger partial charge < -0.3 is 5.32 Å². The molecule has 7 heteroatoms. The lowest BCUT2D eigenvalue weighted by atomic mass is 10.1. The van der Waals surface area contributed by atoms with Gasteiger partial charge in [-0.3, -0.25) is 4.79 Å². The Balaban J connectivity index is 2.41. The summed E-state index contributed by atoms with van der Waals surface area (Å²) in [4.78, 5) is 12.3. The van der Waals surface area contributed by atoms with Crippen molar-refractivity contribution in [3.8, 4) is 0 Å². The van der Waals surface area contributed by atoms with Crippen LogP contribution in [0.3, 0.4) is 0 Å². The molecule has 1 aromatic heterocycles. The van der Waals surface area contributed by atoms with Crippen LogP contribution in [0.2, 0.25) is 0 Å². The highest BCUT2D eigenvalue weighted by atomic mass is 32.2. The summed E-state index contributed by atoms with van der Waals surface area (Å²) in [5.41, 5.74) is 0. The molecule has 0 aliphatic heterocycles. The molecule has 18 heavy (non-hydrogen) atoms. The normalized spacial score (nSPS) is 11.8. The van der Waals surface area contributed by atoms with Crippen molar-refractivity contribution in [2.75, 3.05) is 6.54 Å². The third-order valence-electron chi connectivity index (χ3n) is 2.20. The Hall–Kier alpha value is -0.920. The van der Waals surface area contributed by atoms with Gasteiger partial charge in [-0.15, -0.1) is 11.3 Å². The van der Waals surface area contributed by atoms with Crippen LogP contribution in [0.5, 0.6) is 0 Å². The second-order valence-corrected chi connectivity index (χ2v) is 7.42. The first kappa shape index (κ1) is 15.1. The Kier molecular flexibility index (Phi) is 5.30. The van der Waals surface area contributed by atoms with E-state index in [1.54, 1.807) is 6.07 Å². The minimum absolute atomic E-state index is 0.0215. The molecule has 0 spiro atoms. The van der Waals surface area contributed by atoms with E-state index in [1.165, 1.54) is 6.07 Å². The summed E-state index contributed by atoms with van der Waals surface area (Å²) >= 11 is 1.14. The molecule has 1 aromatic rings. The van der Waals surface area contributed by atoms with E-state index in [2.05, 4.69) is 5.32 Å². The maximum atomic E-state index is 11.4. The van der Waals surface area contributed by atoms with Crippen molar-refractivity contribution in [3.05, 3.63) is 17.0 Å². The lowest BCUT2D eigenvalue weighted by Gasteiger charge is -2.05. The zero-order valence-electron chi connectivity index (χ0n) is 10.5. The van der Waals surface area contributed by atoms with Crippen LogP contribution < -0.4 is 10.5 Å². The molecule has 0 aliphatic rings. The average Bonchev–Trinajstić information content (AvgIpc) is 2.64. The second kappa shape index (κ2) is 6.31. The van der Waals surface area contributed by atoms with Gasteiger partial charge in [0.2, 0.25) is 15.9 Å². The molecule has 0 saturated carbocycles. The highest BCUT2D eigenvalue weighted by Gasteiger charge is 2.11. The number of rotatable bonds is 6. The first-order valence-corrected chi connectivity index (χ1v) is 8.03. The molecule has 0 aromatic carbocycles. The molecule has 0 saturated heterocycles. The molecule has 0 unspecified atom stereocenters. The number of thiophene rings is 1. The highest BCUT2D eigenvalue weighted by molar-refractivity contribution is 7.91. The van der Waals surface area contributed by atoms with Gasteiger partial charge in [0.15, 0.2) is 0 Å². The van der Waals surface area contributed by atoms with Gasteiger partial charge >= 0.3 is 0 Å². The number of carbonyl (C=O) groups excluding carboxylic acids is 1. The zero-order chi connectivity index (χ0) is 13.8. The Morgan fingerprint density at radius 3 is 2.61 bits per heavy atom. The summed E-state index contributed by atoms with van der Waals surface area (Å²) in [5.74, 6) is 0.356. The third-order valence-corrected chi connectivity index (χ3v) is 4.79. The molecule has 1 amide bonds. The van der Waals surface area contributed by atoms with Gasteiger partial charge in [-0.1, -0.05) is 13.8 Å². The second-order valence-electron chi connectivity index (χ2n) is 4.46. The van der Waals surface area contributed by atoms with Crippen LogP contribution in [-0.4, -0.2) is 20.9 Å². The fraction of sp³-hybridized carbons (Fsp3) is 0.545. The number of hydrogen-bond acceptors (Lipinski definition) is 4. The van der Waals surface area contributed by atoms with Crippen LogP contribution in [0.4, 0.5) is 0 Å². The van der Waals surface area contributed by atoms with E-state index in [9.17, 15) is 13.2 Å². The zero-order valence-corrected chi connectivity index (χ0v) is 12.1.